The molecule has 0 bridgehead atoms. The van der Waals surface area contributed by atoms with Crippen LogP contribution in [0.5, 0.6) is 0 Å². The first kappa shape index (κ1) is 17.4. The molecular weight excluding hydrogens is 307 g/mol. The van der Waals surface area contributed by atoms with E-state index in [9.17, 15) is 9.18 Å². The molecular formula is C19H27FN2O2. The summed E-state index contributed by atoms with van der Waals surface area (Å²) in [6, 6.07) is 6.92. The van der Waals surface area contributed by atoms with Gasteiger partial charge in [0.05, 0.1) is 0 Å². The van der Waals surface area contributed by atoms with Crippen LogP contribution in [-0.2, 0) is 16.1 Å². The molecule has 2 aliphatic rings. The summed E-state index contributed by atoms with van der Waals surface area (Å²) in [6.45, 7) is 6.30. The lowest BCUT2D eigenvalue weighted by molar-refractivity contribution is -0.161. The molecule has 2 heterocycles. The number of ether oxygens (including phenoxy) is 1. The Bertz CT molecular complexity index is 572. The molecule has 2 aliphatic heterocycles. The van der Waals surface area contributed by atoms with E-state index in [2.05, 4.69) is 4.90 Å². The van der Waals surface area contributed by atoms with Gasteiger partial charge in [-0.05, 0) is 38.7 Å². The van der Waals surface area contributed by atoms with Gasteiger partial charge in [-0.1, -0.05) is 18.2 Å². The highest BCUT2D eigenvalue weighted by molar-refractivity contribution is 5.85. The summed E-state index contributed by atoms with van der Waals surface area (Å²) in [5, 5.41) is 0. The molecule has 2 fully saturated rings. The molecule has 1 atom stereocenters. The van der Waals surface area contributed by atoms with Crippen LogP contribution in [0, 0.1) is 5.82 Å². The van der Waals surface area contributed by atoms with Crippen molar-refractivity contribution >= 4 is 5.91 Å². The van der Waals surface area contributed by atoms with Crippen molar-refractivity contribution in [2.24, 2.45) is 0 Å². The highest BCUT2D eigenvalue weighted by atomic mass is 19.1. The second-order valence-corrected chi connectivity index (χ2v) is 7.05. The van der Waals surface area contributed by atoms with Crippen LogP contribution in [0.25, 0.3) is 0 Å². The molecule has 0 unspecified atom stereocenters. The molecule has 5 heteroatoms. The van der Waals surface area contributed by atoms with Crippen LogP contribution in [0.1, 0.15) is 38.2 Å². The third kappa shape index (κ3) is 3.95. The molecule has 0 N–H and O–H groups in total. The van der Waals surface area contributed by atoms with E-state index in [-0.39, 0.29) is 11.7 Å². The summed E-state index contributed by atoms with van der Waals surface area (Å²) < 4.78 is 19.6. The molecule has 1 aromatic carbocycles. The number of halogens is 1. The topological polar surface area (TPSA) is 32.8 Å². The lowest BCUT2D eigenvalue weighted by atomic mass is 9.94. The molecule has 0 spiro atoms. The minimum Gasteiger partial charge on any atom is -0.365 e. The summed E-state index contributed by atoms with van der Waals surface area (Å²) >= 11 is 0. The van der Waals surface area contributed by atoms with Crippen LogP contribution in [-0.4, -0.2) is 54.1 Å². The number of rotatable bonds is 3. The Kier molecular flexibility index (Phi) is 5.51. The van der Waals surface area contributed by atoms with Crippen molar-refractivity contribution in [2.75, 3.05) is 32.8 Å². The van der Waals surface area contributed by atoms with Crippen molar-refractivity contribution in [1.29, 1.82) is 0 Å². The molecule has 4 nitrogen and oxygen atoms in total. The standard InChI is InChI=1S/C19H27FN2O2/c1-19(9-4-5-14-24-19)18(23)22-11-6-10-21(12-13-22)15-16-7-2-3-8-17(16)20/h2-3,7-8H,4-6,9-15H2,1H3/t19-/m0/s1. The smallest absolute Gasteiger partial charge is 0.254 e. The Hall–Kier alpha value is -1.46. The first-order chi connectivity index (χ1) is 11.6. The molecule has 0 saturated carbocycles. The monoisotopic (exact) mass is 334 g/mol. The van der Waals surface area contributed by atoms with Crippen molar-refractivity contribution in [3.8, 4) is 0 Å². The zero-order chi connectivity index (χ0) is 17.0. The zero-order valence-electron chi connectivity index (χ0n) is 14.5. The van der Waals surface area contributed by atoms with Gasteiger partial charge in [-0.2, -0.15) is 0 Å². The summed E-state index contributed by atoms with van der Waals surface area (Å²) in [4.78, 5) is 17.0. The van der Waals surface area contributed by atoms with Gasteiger partial charge in [0.1, 0.15) is 11.4 Å². The Morgan fingerprint density at radius 3 is 2.75 bits per heavy atom. The maximum absolute atomic E-state index is 13.8. The minimum atomic E-state index is -0.654. The van der Waals surface area contributed by atoms with E-state index in [1.807, 2.05) is 24.0 Å². The SMILES string of the molecule is C[C@@]1(C(=O)N2CCCN(Cc3ccccc3F)CC2)CCCCO1. The van der Waals surface area contributed by atoms with Crippen molar-refractivity contribution in [3.63, 3.8) is 0 Å². The highest BCUT2D eigenvalue weighted by Gasteiger charge is 2.39. The molecule has 1 amide bonds. The highest BCUT2D eigenvalue weighted by Crippen LogP contribution is 2.27. The fourth-order valence-electron chi connectivity index (χ4n) is 3.64. The van der Waals surface area contributed by atoms with Gasteiger partial charge >= 0.3 is 0 Å². The summed E-state index contributed by atoms with van der Waals surface area (Å²) in [5.74, 6) is -0.0345. The predicted octanol–water partition coefficient (Wildman–Crippen LogP) is 2.82. The lowest BCUT2D eigenvalue weighted by Crippen LogP contribution is -2.51. The van der Waals surface area contributed by atoms with Gasteiger partial charge in [0.2, 0.25) is 0 Å². The summed E-state index contributed by atoms with van der Waals surface area (Å²) in [6.07, 6.45) is 3.81. The summed E-state index contributed by atoms with van der Waals surface area (Å²) in [5.41, 5.74) is 0.0683. The minimum absolute atomic E-state index is 0.120. The molecule has 0 aliphatic carbocycles. The van der Waals surface area contributed by atoms with Crippen LogP contribution < -0.4 is 0 Å². The average Bonchev–Trinajstić information content (AvgIpc) is 2.82. The molecule has 3 rings (SSSR count). The number of amides is 1. The second-order valence-electron chi connectivity index (χ2n) is 7.05. The van der Waals surface area contributed by atoms with Gasteiger partial charge in [0.15, 0.2) is 0 Å². The van der Waals surface area contributed by atoms with E-state index in [1.54, 1.807) is 6.07 Å². The third-order valence-electron chi connectivity index (χ3n) is 5.15. The van der Waals surface area contributed by atoms with E-state index in [4.69, 9.17) is 4.74 Å². The van der Waals surface area contributed by atoms with Gasteiger partial charge in [0.25, 0.3) is 5.91 Å². The van der Waals surface area contributed by atoms with Crippen molar-refractivity contribution in [3.05, 3.63) is 35.6 Å². The second kappa shape index (κ2) is 7.62. The summed E-state index contributed by atoms with van der Waals surface area (Å²) in [7, 11) is 0. The predicted molar refractivity (Wildman–Crippen MR) is 91.1 cm³/mol. The molecule has 2 saturated heterocycles. The van der Waals surface area contributed by atoms with Crippen LogP contribution in [0.2, 0.25) is 0 Å². The Labute approximate surface area is 143 Å². The maximum atomic E-state index is 13.8. The van der Waals surface area contributed by atoms with Crippen molar-refractivity contribution in [1.82, 2.24) is 9.80 Å². The van der Waals surface area contributed by atoms with E-state index in [0.29, 0.717) is 19.7 Å². The average molecular weight is 334 g/mol. The molecule has 0 aromatic heterocycles. The number of nitrogens with zero attached hydrogens (tertiary/aromatic N) is 2. The normalized spacial score (nSPS) is 26.2. The third-order valence-corrected chi connectivity index (χ3v) is 5.15. The molecule has 24 heavy (non-hydrogen) atoms. The van der Waals surface area contributed by atoms with E-state index in [0.717, 1.165) is 50.9 Å². The number of benzene rings is 1. The van der Waals surface area contributed by atoms with Gasteiger partial charge < -0.3 is 9.64 Å². The first-order valence-corrected chi connectivity index (χ1v) is 8.98. The van der Waals surface area contributed by atoms with Crippen LogP contribution in [0.4, 0.5) is 4.39 Å². The molecule has 132 valence electrons. The van der Waals surface area contributed by atoms with Gasteiger partial charge in [-0.15, -0.1) is 0 Å². The van der Waals surface area contributed by atoms with Crippen LogP contribution in [0.15, 0.2) is 24.3 Å². The zero-order valence-corrected chi connectivity index (χ0v) is 14.5. The van der Waals surface area contributed by atoms with Crippen molar-refractivity contribution in [2.45, 2.75) is 44.8 Å². The van der Waals surface area contributed by atoms with E-state index in [1.165, 1.54) is 6.07 Å². The number of hydrogen-bond donors (Lipinski definition) is 0. The number of carbonyl (C=O) groups is 1. The van der Waals surface area contributed by atoms with Crippen molar-refractivity contribution < 1.29 is 13.9 Å². The molecule has 0 radical (unpaired) electrons. The number of carbonyl (C=O) groups excluding carboxylic acids is 1. The first-order valence-electron chi connectivity index (χ1n) is 8.98. The Morgan fingerprint density at radius 2 is 2.00 bits per heavy atom. The van der Waals surface area contributed by atoms with E-state index < -0.39 is 5.60 Å². The number of hydrogen-bond acceptors (Lipinski definition) is 3. The Morgan fingerprint density at radius 1 is 1.17 bits per heavy atom. The lowest BCUT2D eigenvalue weighted by Gasteiger charge is -2.36. The van der Waals surface area contributed by atoms with Gasteiger partial charge in [0, 0.05) is 44.9 Å². The van der Waals surface area contributed by atoms with E-state index >= 15 is 0 Å². The van der Waals surface area contributed by atoms with Gasteiger partial charge in [-0.3, -0.25) is 9.69 Å². The van der Waals surface area contributed by atoms with Crippen LogP contribution in [0.3, 0.4) is 0 Å². The maximum Gasteiger partial charge on any atom is 0.254 e. The fourth-order valence-corrected chi connectivity index (χ4v) is 3.64. The van der Waals surface area contributed by atoms with Crippen LogP contribution >= 0.6 is 0 Å². The Balaban J connectivity index is 1.59. The quantitative estimate of drug-likeness (QED) is 0.852. The molecule has 1 aromatic rings. The fraction of sp³-hybridized carbons (Fsp3) is 0.632. The van der Waals surface area contributed by atoms with Gasteiger partial charge in [-0.25, -0.2) is 4.39 Å². The largest absolute Gasteiger partial charge is 0.365 e.